The number of benzene rings is 3. The van der Waals surface area contributed by atoms with E-state index in [1.54, 1.807) is 12.1 Å². The Labute approximate surface area is 308 Å². The average molecular weight is 725 g/mol. The number of H-pyrrole nitrogens is 1. The number of nitrogens with two attached hydrogens (primary N) is 1. The van der Waals surface area contributed by atoms with Gasteiger partial charge in [-0.1, -0.05) is 55.6 Å². The lowest BCUT2D eigenvalue weighted by molar-refractivity contribution is -0.462. The van der Waals surface area contributed by atoms with Crippen molar-refractivity contribution in [3.63, 3.8) is 0 Å². The van der Waals surface area contributed by atoms with Crippen molar-refractivity contribution in [1.82, 2.24) is 19.9 Å². The van der Waals surface area contributed by atoms with Crippen molar-refractivity contribution < 1.29 is 24.0 Å². The minimum atomic E-state index is -2.21. The van der Waals surface area contributed by atoms with Crippen LogP contribution in [0.25, 0.3) is 16.7 Å². The first-order valence-corrected chi connectivity index (χ1v) is 20.4. The van der Waals surface area contributed by atoms with Gasteiger partial charge in [-0.05, 0) is 74.5 Å². The van der Waals surface area contributed by atoms with E-state index in [9.17, 15) is 14.7 Å². The molecule has 2 aliphatic rings. The molecule has 0 spiro atoms. The summed E-state index contributed by atoms with van der Waals surface area (Å²) >= 11 is 0. The molecule has 0 saturated carbocycles. The van der Waals surface area contributed by atoms with Crippen LogP contribution in [0.2, 0.25) is 13.1 Å². The van der Waals surface area contributed by atoms with Crippen molar-refractivity contribution in [3.8, 4) is 5.88 Å². The van der Waals surface area contributed by atoms with Gasteiger partial charge in [-0.2, -0.15) is 9.97 Å². The number of allylic oxidation sites excluding steroid dienone is 5. The summed E-state index contributed by atoms with van der Waals surface area (Å²) < 4.78 is 7.99. The number of carboxylic acids is 1. The van der Waals surface area contributed by atoms with Crippen molar-refractivity contribution in [2.75, 3.05) is 38.8 Å². The zero-order valence-corrected chi connectivity index (χ0v) is 31.7. The van der Waals surface area contributed by atoms with E-state index in [0.717, 1.165) is 39.2 Å². The number of aromatic amines is 1. The number of hydrogen-bond acceptors (Lipinski definition) is 8. The van der Waals surface area contributed by atoms with E-state index in [1.165, 1.54) is 16.7 Å². The van der Waals surface area contributed by atoms with Crippen LogP contribution in [0.1, 0.15) is 49.4 Å². The smallest absolute Gasteiger partial charge is 0.336 e. The highest BCUT2D eigenvalue weighted by Crippen LogP contribution is 2.43. The average Bonchev–Trinajstić information content (AvgIpc) is 3.62. The maximum absolute atomic E-state index is 13.5. The van der Waals surface area contributed by atoms with E-state index in [0.29, 0.717) is 34.6 Å². The van der Waals surface area contributed by atoms with Gasteiger partial charge in [0.15, 0.2) is 17.1 Å². The van der Waals surface area contributed by atoms with Crippen molar-refractivity contribution in [2.45, 2.75) is 32.5 Å². The third-order valence-electron chi connectivity index (χ3n) is 10.1. The fourth-order valence-corrected chi connectivity index (χ4v) is 10.1. The Balaban J connectivity index is 1.14. The number of carbonyl (C=O) groups is 2. The Bertz CT molecular complexity index is 2430. The number of carboxylic acid groups (broad SMARTS) is 1. The highest BCUT2D eigenvalue weighted by atomic mass is 28.3. The SMILES string of the molecule is CN(C)c1ccc2c(c1)[Si](C)(C)C1=CC(=[N+](C)C)C=CC1=C2c1ccc(C(=O)CCc2ccc(COc3nc(N)nc4nc[nH]c34)cc2)cc1C(=O)O. The Morgan fingerprint density at radius 3 is 2.42 bits per heavy atom. The summed E-state index contributed by atoms with van der Waals surface area (Å²) in [5.41, 5.74) is 15.0. The van der Waals surface area contributed by atoms with Crippen LogP contribution < -0.4 is 20.6 Å². The number of ether oxygens (including phenoxy) is 1. The summed E-state index contributed by atoms with van der Waals surface area (Å²) in [5.74, 6) is -0.788. The lowest BCUT2D eigenvalue weighted by atomic mass is 9.86. The standard InChI is InChI=1S/C41H41N7O4Si/c1-47(2)27-13-16-30-34(20-27)53(5,6)35-21-28(48(3)4)14-17-31(35)36(30)29-15-12-26(19-32(29)40(50)51)33(49)18-11-24-7-9-25(10-8-24)22-52-39-37-38(44-23-43-37)45-41(42)46-39/h7-10,12-17,19-21,23,42H,11,18,22H2,1-6H3,(H2,49,50,51)/p+1. The summed E-state index contributed by atoms with van der Waals surface area (Å²) in [6.07, 6.45) is 8.72. The van der Waals surface area contributed by atoms with Gasteiger partial charge >= 0.3 is 5.97 Å². The molecule has 0 atom stereocenters. The lowest BCUT2D eigenvalue weighted by Gasteiger charge is -2.38. The van der Waals surface area contributed by atoms with E-state index in [2.05, 4.69) is 78.9 Å². The van der Waals surface area contributed by atoms with Crippen LogP contribution in [-0.4, -0.2) is 83.3 Å². The molecule has 0 unspecified atom stereocenters. The second-order valence-electron chi connectivity index (χ2n) is 14.3. The van der Waals surface area contributed by atoms with Crippen molar-refractivity contribution in [1.29, 1.82) is 0 Å². The molecular formula is C41H42N7O4Si+. The summed E-state index contributed by atoms with van der Waals surface area (Å²) in [6.45, 7) is 4.97. The molecule has 5 aromatic rings. The molecule has 0 saturated heterocycles. The fraction of sp³-hybridized carbons (Fsp3) is 0.220. The van der Waals surface area contributed by atoms with Crippen LogP contribution in [-0.2, 0) is 13.0 Å². The molecule has 1 aliphatic heterocycles. The van der Waals surface area contributed by atoms with Crippen LogP contribution in [0.3, 0.4) is 0 Å². The molecular weight excluding hydrogens is 683 g/mol. The summed E-state index contributed by atoms with van der Waals surface area (Å²) in [6, 6.07) is 19.4. The first-order valence-electron chi connectivity index (χ1n) is 17.4. The summed E-state index contributed by atoms with van der Waals surface area (Å²) in [5, 5.41) is 13.1. The predicted molar refractivity (Wildman–Crippen MR) is 211 cm³/mol. The van der Waals surface area contributed by atoms with E-state index in [-0.39, 0.29) is 30.3 Å². The number of nitrogens with one attached hydrogen (secondary N) is 1. The molecule has 12 heteroatoms. The number of aromatic nitrogens is 4. The number of ketones is 1. The van der Waals surface area contributed by atoms with E-state index >= 15 is 0 Å². The molecule has 53 heavy (non-hydrogen) atoms. The number of aryl methyl sites for hydroxylation is 1. The predicted octanol–water partition coefficient (Wildman–Crippen LogP) is 5.57. The number of hydrogen-bond donors (Lipinski definition) is 3. The number of rotatable bonds is 10. The number of imidazole rings is 1. The zero-order chi connectivity index (χ0) is 37.6. The van der Waals surface area contributed by atoms with Gasteiger partial charge in [-0.25, -0.2) is 14.4 Å². The second-order valence-corrected chi connectivity index (χ2v) is 18.7. The van der Waals surface area contributed by atoms with Crippen molar-refractivity contribution >= 4 is 59.1 Å². The van der Waals surface area contributed by atoms with Crippen LogP contribution in [0.15, 0.2) is 96.0 Å². The van der Waals surface area contributed by atoms with Gasteiger partial charge in [-0.3, -0.25) is 4.79 Å². The quantitative estimate of drug-likeness (QED) is 0.0954. The molecule has 7 rings (SSSR count). The molecule has 0 amide bonds. The number of fused-ring (bicyclic) bond motifs is 3. The van der Waals surface area contributed by atoms with Crippen LogP contribution >= 0.6 is 0 Å². The molecule has 3 aromatic carbocycles. The molecule has 0 radical (unpaired) electrons. The Hall–Kier alpha value is -6.14. The zero-order valence-electron chi connectivity index (χ0n) is 30.7. The van der Waals surface area contributed by atoms with Gasteiger partial charge in [0.1, 0.15) is 34.3 Å². The normalized spacial score (nSPS) is 14.5. The number of aromatic carboxylic acids is 1. The molecule has 0 bridgehead atoms. The first kappa shape index (κ1) is 35.3. The third-order valence-corrected chi connectivity index (χ3v) is 13.6. The van der Waals surface area contributed by atoms with E-state index in [4.69, 9.17) is 10.5 Å². The van der Waals surface area contributed by atoms with Gasteiger partial charge in [0.2, 0.25) is 11.8 Å². The van der Waals surface area contributed by atoms with Gasteiger partial charge in [-0.15, -0.1) is 0 Å². The molecule has 2 aromatic heterocycles. The van der Waals surface area contributed by atoms with E-state index in [1.807, 2.05) is 58.5 Å². The summed E-state index contributed by atoms with van der Waals surface area (Å²) in [7, 11) is 5.92. The number of nitrogens with zero attached hydrogens (tertiary/aromatic N) is 5. The van der Waals surface area contributed by atoms with Gasteiger partial charge in [0.25, 0.3) is 0 Å². The third kappa shape index (κ3) is 6.69. The monoisotopic (exact) mass is 724 g/mol. The second kappa shape index (κ2) is 13.8. The van der Waals surface area contributed by atoms with E-state index < -0.39 is 14.0 Å². The van der Waals surface area contributed by atoms with Crippen LogP contribution in [0, 0.1) is 0 Å². The fourth-order valence-electron chi connectivity index (χ4n) is 7.07. The first-order chi connectivity index (χ1) is 25.3. The van der Waals surface area contributed by atoms with Crippen LogP contribution in [0.5, 0.6) is 5.88 Å². The molecule has 3 heterocycles. The number of nitrogen functional groups attached to an aromatic ring is 1. The maximum atomic E-state index is 13.5. The number of carbonyl (C=O) groups excluding carboxylic acids is 1. The Kier molecular flexibility index (Phi) is 9.16. The molecule has 11 nitrogen and oxygen atoms in total. The highest BCUT2D eigenvalue weighted by Gasteiger charge is 2.41. The largest absolute Gasteiger partial charge is 0.478 e. The van der Waals surface area contributed by atoms with Crippen molar-refractivity contribution in [3.05, 3.63) is 129 Å². The number of anilines is 2. The topological polar surface area (TPSA) is 150 Å². The number of Topliss-reactive ketones (excluding diaryl/α,β-unsaturated/α-hetero) is 1. The molecule has 4 N–H and O–H groups in total. The van der Waals surface area contributed by atoms with Gasteiger partial charge < -0.3 is 25.5 Å². The minimum Gasteiger partial charge on any atom is -0.478 e. The maximum Gasteiger partial charge on any atom is 0.336 e. The molecule has 1 aliphatic carbocycles. The molecule has 268 valence electrons. The Morgan fingerprint density at radius 1 is 0.962 bits per heavy atom. The summed E-state index contributed by atoms with van der Waals surface area (Å²) in [4.78, 5) is 43.9. The minimum absolute atomic E-state index is 0.0797. The highest BCUT2D eigenvalue weighted by molar-refractivity contribution is 6.98. The van der Waals surface area contributed by atoms with Gasteiger partial charge in [0, 0.05) is 43.9 Å². The lowest BCUT2D eigenvalue weighted by Crippen LogP contribution is -2.49. The van der Waals surface area contributed by atoms with Gasteiger partial charge in [0.05, 0.1) is 11.9 Å². The van der Waals surface area contributed by atoms with Crippen LogP contribution in [0.4, 0.5) is 11.6 Å². The Morgan fingerprint density at radius 2 is 1.70 bits per heavy atom. The molecule has 0 fully saturated rings. The van der Waals surface area contributed by atoms with Crippen molar-refractivity contribution in [2.24, 2.45) is 0 Å².